The van der Waals surface area contributed by atoms with Gasteiger partial charge in [-0.3, -0.25) is 4.79 Å². The Labute approximate surface area is 78.6 Å². The highest BCUT2D eigenvalue weighted by Gasteiger charge is 2.13. The van der Waals surface area contributed by atoms with Crippen molar-refractivity contribution in [3.8, 4) is 0 Å². The molecule has 0 aromatic heterocycles. The number of carboxylic acid groups (broad SMARTS) is 1. The Bertz CT molecular complexity index is 332. The summed E-state index contributed by atoms with van der Waals surface area (Å²) in [5, 5.41) is 17.6. The van der Waals surface area contributed by atoms with Crippen molar-refractivity contribution in [1.82, 2.24) is 0 Å². The van der Waals surface area contributed by atoms with Crippen molar-refractivity contribution in [2.45, 2.75) is 12.5 Å². The van der Waals surface area contributed by atoms with Gasteiger partial charge in [0.25, 0.3) is 0 Å². The zero-order valence-electron chi connectivity index (χ0n) is 7.08. The number of aliphatic hydroxyl groups is 1. The van der Waals surface area contributed by atoms with Gasteiger partial charge < -0.3 is 10.2 Å². The molecule has 0 bridgehead atoms. The second-order valence-electron chi connectivity index (χ2n) is 2.82. The van der Waals surface area contributed by atoms with Crippen LogP contribution in [-0.4, -0.2) is 16.2 Å². The lowest BCUT2D eigenvalue weighted by atomic mass is 10.1. The largest absolute Gasteiger partial charge is 0.481 e. The maximum atomic E-state index is 12.6. The normalized spacial score (nSPS) is 12.5. The zero-order valence-corrected chi connectivity index (χ0v) is 7.08. The van der Waals surface area contributed by atoms with Crippen molar-refractivity contribution in [2.75, 3.05) is 0 Å². The highest BCUT2D eigenvalue weighted by Crippen LogP contribution is 2.18. The number of aliphatic hydroxyl groups excluding tert-OH is 1. The molecular weight excluding hydrogens is 194 g/mol. The van der Waals surface area contributed by atoms with Crippen LogP contribution in [0.1, 0.15) is 18.1 Å². The van der Waals surface area contributed by atoms with Crippen molar-refractivity contribution in [2.24, 2.45) is 0 Å². The standard InChI is InChI=1S/C9H8F2O3/c10-6-1-5(2-7(11)3-6)8(12)4-9(13)14/h1-3,8,12H,4H2,(H,13,14)/t8-/m0/s1. The fourth-order valence-corrected chi connectivity index (χ4v) is 1.05. The lowest BCUT2D eigenvalue weighted by molar-refractivity contribution is -0.139. The number of halogens is 2. The Hall–Kier alpha value is -1.49. The van der Waals surface area contributed by atoms with Crippen molar-refractivity contribution < 1.29 is 23.8 Å². The van der Waals surface area contributed by atoms with Gasteiger partial charge in [-0.15, -0.1) is 0 Å². The molecule has 1 aromatic carbocycles. The van der Waals surface area contributed by atoms with E-state index >= 15 is 0 Å². The quantitative estimate of drug-likeness (QED) is 0.780. The molecule has 0 radical (unpaired) electrons. The number of hydrogen-bond donors (Lipinski definition) is 2. The predicted molar refractivity (Wildman–Crippen MR) is 43.6 cm³/mol. The summed E-state index contributed by atoms with van der Waals surface area (Å²) in [7, 11) is 0. The molecule has 0 amide bonds. The fourth-order valence-electron chi connectivity index (χ4n) is 1.05. The number of aliphatic carboxylic acids is 1. The van der Waals surface area contributed by atoms with Crippen LogP contribution in [0.2, 0.25) is 0 Å². The van der Waals surface area contributed by atoms with E-state index in [4.69, 9.17) is 5.11 Å². The molecule has 0 fully saturated rings. The molecule has 0 aliphatic heterocycles. The molecule has 0 unspecified atom stereocenters. The van der Waals surface area contributed by atoms with Gasteiger partial charge in [0.2, 0.25) is 0 Å². The summed E-state index contributed by atoms with van der Waals surface area (Å²) >= 11 is 0. The summed E-state index contributed by atoms with van der Waals surface area (Å²) in [5.74, 6) is -2.92. The average molecular weight is 202 g/mol. The molecule has 1 rings (SSSR count). The minimum Gasteiger partial charge on any atom is -0.481 e. The minimum atomic E-state index is -1.39. The lowest BCUT2D eigenvalue weighted by Gasteiger charge is -2.07. The first-order valence-electron chi connectivity index (χ1n) is 3.85. The number of carbonyl (C=O) groups is 1. The Kier molecular flexibility index (Phi) is 3.14. The Morgan fingerprint density at radius 3 is 2.21 bits per heavy atom. The lowest BCUT2D eigenvalue weighted by Crippen LogP contribution is -2.06. The first-order valence-corrected chi connectivity index (χ1v) is 3.85. The van der Waals surface area contributed by atoms with E-state index in [0.717, 1.165) is 12.1 Å². The van der Waals surface area contributed by atoms with Crippen molar-refractivity contribution in [3.63, 3.8) is 0 Å². The summed E-state index contributed by atoms with van der Waals surface area (Å²) in [4.78, 5) is 10.2. The number of benzene rings is 1. The monoisotopic (exact) mass is 202 g/mol. The van der Waals surface area contributed by atoms with Gasteiger partial charge in [-0.05, 0) is 17.7 Å². The highest BCUT2D eigenvalue weighted by molar-refractivity contribution is 5.67. The SMILES string of the molecule is O=C(O)C[C@H](O)c1cc(F)cc(F)c1. The first-order chi connectivity index (χ1) is 6.49. The van der Waals surface area contributed by atoms with Gasteiger partial charge in [0.15, 0.2) is 0 Å². The van der Waals surface area contributed by atoms with E-state index in [-0.39, 0.29) is 5.56 Å². The Balaban J connectivity index is 2.89. The van der Waals surface area contributed by atoms with Crippen molar-refractivity contribution >= 4 is 5.97 Å². The third kappa shape index (κ3) is 2.77. The Morgan fingerprint density at radius 1 is 1.29 bits per heavy atom. The molecule has 2 N–H and O–H groups in total. The van der Waals surface area contributed by atoms with Crippen LogP contribution >= 0.6 is 0 Å². The average Bonchev–Trinajstić information content (AvgIpc) is 2.00. The van der Waals surface area contributed by atoms with Gasteiger partial charge in [0.05, 0.1) is 12.5 Å². The van der Waals surface area contributed by atoms with Crippen molar-refractivity contribution in [1.29, 1.82) is 0 Å². The van der Waals surface area contributed by atoms with Crippen LogP contribution in [0.3, 0.4) is 0 Å². The first kappa shape index (κ1) is 10.6. The summed E-state index contributed by atoms with van der Waals surface area (Å²) in [6, 6.07) is 2.45. The van der Waals surface area contributed by atoms with E-state index in [2.05, 4.69) is 0 Å². The molecule has 0 saturated carbocycles. The summed E-state index contributed by atoms with van der Waals surface area (Å²) in [6.45, 7) is 0. The molecule has 3 nitrogen and oxygen atoms in total. The molecule has 0 aliphatic rings. The smallest absolute Gasteiger partial charge is 0.306 e. The summed E-state index contributed by atoms with van der Waals surface area (Å²) < 4.78 is 25.3. The molecule has 0 spiro atoms. The van der Waals surface area contributed by atoms with Gasteiger partial charge >= 0.3 is 5.97 Å². The number of rotatable bonds is 3. The van der Waals surface area contributed by atoms with Crippen LogP contribution in [0.5, 0.6) is 0 Å². The highest BCUT2D eigenvalue weighted by atomic mass is 19.1. The Morgan fingerprint density at radius 2 is 1.79 bits per heavy atom. The molecule has 1 atom stereocenters. The molecule has 1 aromatic rings. The van der Waals surface area contributed by atoms with E-state index in [9.17, 15) is 18.7 Å². The summed E-state index contributed by atoms with van der Waals surface area (Å²) in [5.41, 5.74) is -0.0788. The van der Waals surface area contributed by atoms with Crippen molar-refractivity contribution in [3.05, 3.63) is 35.4 Å². The molecule has 76 valence electrons. The van der Waals surface area contributed by atoms with Crippen LogP contribution in [0.25, 0.3) is 0 Å². The molecule has 14 heavy (non-hydrogen) atoms. The predicted octanol–water partition coefficient (Wildman–Crippen LogP) is 1.47. The third-order valence-corrected chi connectivity index (χ3v) is 1.64. The van der Waals surface area contributed by atoms with E-state index in [1.807, 2.05) is 0 Å². The summed E-state index contributed by atoms with van der Waals surface area (Å²) in [6.07, 6.45) is -1.97. The molecule has 0 aliphatic carbocycles. The second-order valence-corrected chi connectivity index (χ2v) is 2.82. The third-order valence-electron chi connectivity index (χ3n) is 1.64. The van der Waals surface area contributed by atoms with Crippen LogP contribution in [-0.2, 0) is 4.79 Å². The van der Waals surface area contributed by atoms with E-state index < -0.39 is 30.1 Å². The van der Waals surface area contributed by atoms with Crippen LogP contribution in [0.4, 0.5) is 8.78 Å². The van der Waals surface area contributed by atoms with E-state index in [0.29, 0.717) is 6.07 Å². The van der Waals surface area contributed by atoms with Gasteiger partial charge in [-0.1, -0.05) is 0 Å². The fraction of sp³-hybridized carbons (Fsp3) is 0.222. The minimum absolute atomic E-state index is 0.0788. The van der Waals surface area contributed by atoms with Gasteiger partial charge in [-0.2, -0.15) is 0 Å². The second kappa shape index (κ2) is 4.15. The molecular formula is C9H8F2O3. The molecule has 0 saturated heterocycles. The van der Waals surface area contributed by atoms with Gasteiger partial charge in [0, 0.05) is 6.07 Å². The van der Waals surface area contributed by atoms with Gasteiger partial charge in [0.1, 0.15) is 11.6 Å². The van der Waals surface area contributed by atoms with Crippen LogP contribution < -0.4 is 0 Å². The number of carboxylic acids is 1. The van der Waals surface area contributed by atoms with E-state index in [1.54, 1.807) is 0 Å². The topological polar surface area (TPSA) is 57.5 Å². The van der Waals surface area contributed by atoms with Crippen LogP contribution in [0, 0.1) is 11.6 Å². The van der Waals surface area contributed by atoms with E-state index in [1.165, 1.54) is 0 Å². The zero-order chi connectivity index (χ0) is 10.7. The van der Waals surface area contributed by atoms with Crippen LogP contribution in [0.15, 0.2) is 18.2 Å². The molecule has 5 heteroatoms. The number of hydrogen-bond acceptors (Lipinski definition) is 2. The maximum Gasteiger partial charge on any atom is 0.306 e. The molecule has 0 heterocycles. The van der Waals surface area contributed by atoms with Gasteiger partial charge in [-0.25, -0.2) is 8.78 Å². The maximum absolute atomic E-state index is 12.6.